The number of hydrogen-bond donors (Lipinski definition) is 2. The second-order valence-electron chi connectivity index (χ2n) is 5.65. The number of nitrogens with zero attached hydrogens (tertiary/aromatic N) is 2. The van der Waals surface area contributed by atoms with Crippen molar-refractivity contribution in [1.29, 1.82) is 0 Å². The van der Waals surface area contributed by atoms with Gasteiger partial charge < -0.3 is 11.1 Å². The number of nitrogen functional groups attached to an aromatic ring is 1. The van der Waals surface area contributed by atoms with Crippen molar-refractivity contribution in [3.63, 3.8) is 0 Å². The topological polar surface area (TPSA) is 55.9 Å². The van der Waals surface area contributed by atoms with Gasteiger partial charge in [-0.1, -0.05) is 26.0 Å². The Balaban J connectivity index is 2.09. The molecule has 0 saturated heterocycles. The Morgan fingerprint density at radius 1 is 1.26 bits per heavy atom. The summed E-state index contributed by atoms with van der Waals surface area (Å²) in [4.78, 5) is 0. The van der Waals surface area contributed by atoms with Gasteiger partial charge in [0.2, 0.25) is 0 Å². The summed E-state index contributed by atoms with van der Waals surface area (Å²) in [5.74, 6) is 1.04. The van der Waals surface area contributed by atoms with Crippen molar-refractivity contribution in [2.24, 2.45) is 7.05 Å². The molecule has 0 bridgehead atoms. The lowest BCUT2D eigenvalue weighted by atomic mass is 9.84. The second-order valence-corrected chi connectivity index (χ2v) is 5.65. The number of benzene rings is 1. The van der Waals surface area contributed by atoms with Crippen LogP contribution in [0.4, 0.5) is 11.5 Å². The molecule has 0 aliphatic heterocycles. The molecule has 0 saturated carbocycles. The molecule has 0 aliphatic rings. The summed E-state index contributed by atoms with van der Waals surface area (Å²) in [6.07, 6.45) is 0. The largest absolute Gasteiger partial charge is 0.399 e. The molecule has 4 nitrogen and oxygen atoms in total. The van der Waals surface area contributed by atoms with Crippen LogP contribution in [-0.4, -0.2) is 16.3 Å². The molecule has 0 spiro atoms. The predicted molar refractivity (Wildman–Crippen MR) is 80.3 cm³/mol. The van der Waals surface area contributed by atoms with Crippen molar-refractivity contribution < 1.29 is 0 Å². The van der Waals surface area contributed by atoms with Crippen molar-refractivity contribution in [2.75, 3.05) is 17.6 Å². The van der Waals surface area contributed by atoms with Gasteiger partial charge in [0.1, 0.15) is 5.82 Å². The molecule has 1 aromatic carbocycles. The molecular weight excluding hydrogens is 236 g/mol. The van der Waals surface area contributed by atoms with Crippen molar-refractivity contribution in [2.45, 2.75) is 26.2 Å². The molecule has 0 aliphatic carbocycles. The van der Waals surface area contributed by atoms with E-state index in [1.165, 1.54) is 5.56 Å². The highest BCUT2D eigenvalue weighted by molar-refractivity contribution is 5.43. The first-order valence-corrected chi connectivity index (χ1v) is 6.49. The number of rotatable bonds is 4. The van der Waals surface area contributed by atoms with E-state index in [1.807, 2.05) is 30.8 Å². The lowest BCUT2D eigenvalue weighted by molar-refractivity contribution is 0.553. The highest BCUT2D eigenvalue weighted by Crippen LogP contribution is 2.24. The molecule has 3 N–H and O–H groups in total. The van der Waals surface area contributed by atoms with Crippen molar-refractivity contribution in [1.82, 2.24) is 9.78 Å². The fourth-order valence-electron chi connectivity index (χ4n) is 2.12. The average molecular weight is 258 g/mol. The van der Waals surface area contributed by atoms with E-state index in [0.717, 1.165) is 23.7 Å². The first kappa shape index (κ1) is 13.5. The minimum atomic E-state index is 0.0336. The van der Waals surface area contributed by atoms with E-state index in [0.29, 0.717) is 0 Å². The maximum absolute atomic E-state index is 5.73. The van der Waals surface area contributed by atoms with Gasteiger partial charge in [-0.05, 0) is 24.6 Å². The van der Waals surface area contributed by atoms with Crippen molar-refractivity contribution in [3.05, 3.63) is 41.6 Å². The van der Waals surface area contributed by atoms with E-state index < -0.39 is 0 Å². The zero-order valence-corrected chi connectivity index (χ0v) is 12.1. The standard InChI is InChI=1S/C15H22N4/c1-11-9-14(19(4)18-11)17-10-15(2,3)12-5-7-13(16)8-6-12/h5-9,17H,10,16H2,1-4H3. The summed E-state index contributed by atoms with van der Waals surface area (Å²) < 4.78 is 1.87. The summed E-state index contributed by atoms with van der Waals surface area (Å²) >= 11 is 0. The Morgan fingerprint density at radius 2 is 1.89 bits per heavy atom. The van der Waals surface area contributed by atoms with Crippen molar-refractivity contribution in [3.8, 4) is 0 Å². The van der Waals surface area contributed by atoms with Crippen LogP contribution in [0, 0.1) is 6.92 Å². The molecule has 4 heteroatoms. The minimum Gasteiger partial charge on any atom is -0.399 e. The normalized spacial score (nSPS) is 11.6. The lowest BCUT2D eigenvalue weighted by Crippen LogP contribution is -2.28. The number of aryl methyl sites for hydroxylation is 2. The fourth-order valence-corrected chi connectivity index (χ4v) is 2.12. The minimum absolute atomic E-state index is 0.0336. The zero-order chi connectivity index (χ0) is 14.0. The average Bonchev–Trinajstić information content (AvgIpc) is 2.66. The predicted octanol–water partition coefficient (Wildman–Crippen LogP) is 2.70. The van der Waals surface area contributed by atoms with Crippen LogP contribution in [0.5, 0.6) is 0 Å². The van der Waals surface area contributed by atoms with Crippen LogP contribution in [0.15, 0.2) is 30.3 Å². The van der Waals surface area contributed by atoms with E-state index in [2.05, 4.69) is 42.5 Å². The Hall–Kier alpha value is -1.97. The number of hydrogen-bond acceptors (Lipinski definition) is 3. The van der Waals surface area contributed by atoms with Crippen LogP contribution < -0.4 is 11.1 Å². The summed E-state index contributed by atoms with van der Waals surface area (Å²) in [5, 5.41) is 7.79. The summed E-state index contributed by atoms with van der Waals surface area (Å²) in [5.41, 5.74) is 8.86. The van der Waals surface area contributed by atoms with E-state index in [4.69, 9.17) is 5.73 Å². The van der Waals surface area contributed by atoms with Gasteiger partial charge in [-0.15, -0.1) is 0 Å². The monoisotopic (exact) mass is 258 g/mol. The molecule has 0 atom stereocenters. The van der Waals surface area contributed by atoms with E-state index in [1.54, 1.807) is 0 Å². The summed E-state index contributed by atoms with van der Waals surface area (Å²) in [6, 6.07) is 10.1. The highest BCUT2D eigenvalue weighted by Gasteiger charge is 2.20. The van der Waals surface area contributed by atoms with Crippen LogP contribution in [0.25, 0.3) is 0 Å². The lowest BCUT2D eigenvalue weighted by Gasteiger charge is -2.26. The molecule has 2 aromatic rings. The Bertz CT molecular complexity index is 552. The van der Waals surface area contributed by atoms with Crippen molar-refractivity contribution >= 4 is 11.5 Å². The van der Waals surface area contributed by atoms with E-state index >= 15 is 0 Å². The van der Waals surface area contributed by atoms with Crippen LogP contribution in [0.1, 0.15) is 25.1 Å². The third kappa shape index (κ3) is 3.08. The van der Waals surface area contributed by atoms with Gasteiger partial charge in [0.15, 0.2) is 0 Å². The Kier molecular flexibility index (Phi) is 3.51. The zero-order valence-electron chi connectivity index (χ0n) is 12.1. The fraction of sp³-hybridized carbons (Fsp3) is 0.400. The molecule has 102 valence electrons. The maximum atomic E-state index is 5.73. The van der Waals surface area contributed by atoms with E-state index in [9.17, 15) is 0 Å². The SMILES string of the molecule is Cc1cc(NCC(C)(C)c2ccc(N)cc2)n(C)n1. The second kappa shape index (κ2) is 4.96. The van der Waals surface area contributed by atoms with Gasteiger partial charge >= 0.3 is 0 Å². The molecule has 1 heterocycles. The third-order valence-corrected chi connectivity index (χ3v) is 3.41. The van der Waals surface area contributed by atoms with Crippen LogP contribution in [0.2, 0.25) is 0 Å². The van der Waals surface area contributed by atoms with Gasteiger partial charge in [0.25, 0.3) is 0 Å². The summed E-state index contributed by atoms with van der Waals surface area (Å²) in [6.45, 7) is 7.27. The Labute approximate surface area is 114 Å². The smallest absolute Gasteiger partial charge is 0.124 e. The van der Waals surface area contributed by atoms with Gasteiger partial charge in [-0.2, -0.15) is 5.10 Å². The summed E-state index contributed by atoms with van der Waals surface area (Å²) in [7, 11) is 1.95. The number of aromatic nitrogens is 2. The van der Waals surface area contributed by atoms with Crippen LogP contribution >= 0.6 is 0 Å². The number of anilines is 2. The molecule has 0 radical (unpaired) electrons. The molecular formula is C15H22N4. The molecule has 0 unspecified atom stereocenters. The third-order valence-electron chi connectivity index (χ3n) is 3.41. The quantitative estimate of drug-likeness (QED) is 0.829. The molecule has 0 amide bonds. The van der Waals surface area contributed by atoms with Crippen LogP contribution in [0.3, 0.4) is 0 Å². The maximum Gasteiger partial charge on any atom is 0.124 e. The molecule has 19 heavy (non-hydrogen) atoms. The first-order valence-electron chi connectivity index (χ1n) is 6.49. The van der Waals surface area contributed by atoms with Gasteiger partial charge in [0.05, 0.1) is 5.69 Å². The van der Waals surface area contributed by atoms with Gasteiger partial charge in [-0.25, -0.2) is 0 Å². The van der Waals surface area contributed by atoms with Gasteiger partial charge in [-0.3, -0.25) is 4.68 Å². The van der Waals surface area contributed by atoms with E-state index in [-0.39, 0.29) is 5.41 Å². The van der Waals surface area contributed by atoms with Crippen LogP contribution in [-0.2, 0) is 12.5 Å². The van der Waals surface area contributed by atoms with Gasteiger partial charge in [0, 0.05) is 30.8 Å². The molecule has 0 fully saturated rings. The number of nitrogens with two attached hydrogens (primary N) is 1. The molecule has 2 rings (SSSR count). The Morgan fingerprint density at radius 3 is 2.42 bits per heavy atom. The first-order chi connectivity index (χ1) is 8.88. The molecule has 1 aromatic heterocycles. The number of nitrogens with one attached hydrogen (secondary N) is 1. The highest BCUT2D eigenvalue weighted by atomic mass is 15.3.